The molecule has 0 bridgehead atoms. The molecule has 1 saturated heterocycles. The van der Waals surface area contributed by atoms with Gasteiger partial charge >= 0.3 is 0 Å². The Balaban J connectivity index is 1.93. The van der Waals surface area contributed by atoms with Crippen LogP contribution in [0.3, 0.4) is 0 Å². The fraction of sp³-hybridized carbons (Fsp3) is 0.381. The van der Waals surface area contributed by atoms with E-state index in [0.717, 1.165) is 5.69 Å². The summed E-state index contributed by atoms with van der Waals surface area (Å²) in [5, 5.41) is 3.47. The summed E-state index contributed by atoms with van der Waals surface area (Å²) >= 11 is 12.4. The first-order chi connectivity index (χ1) is 14.8. The SMILES string of the molecule is CCN(CC)S(=O)(=O)c1ccc(Cl)c(C(=O)Nc2cc(Cl)ccc2N2CCOCC2)c1. The van der Waals surface area contributed by atoms with Gasteiger partial charge in [0, 0.05) is 31.2 Å². The van der Waals surface area contributed by atoms with Crippen molar-refractivity contribution in [3.05, 3.63) is 52.0 Å². The van der Waals surface area contributed by atoms with Crippen LogP contribution >= 0.6 is 23.2 Å². The molecule has 1 aliphatic rings. The average molecular weight is 486 g/mol. The number of carbonyl (C=O) groups excluding carboxylic acids is 1. The highest BCUT2D eigenvalue weighted by atomic mass is 35.5. The Labute approximate surface area is 192 Å². The van der Waals surface area contributed by atoms with Crippen molar-refractivity contribution in [3.63, 3.8) is 0 Å². The van der Waals surface area contributed by atoms with Crippen LogP contribution in [-0.2, 0) is 14.8 Å². The molecule has 1 heterocycles. The Morgan fingerprint density at radius 1 is 1.10 bits per heavy atom. The average Bonchev–Trinajstić information content (AvgIpc) is 2.75. The number of amides is 1. The van der Waals surface area contributed by atoms with E-state index in [2.05, 4.69) is 10.2 Å². The van der Waals surface area contributed by atoms with Crippen molar-refractivity contribution < 1.29 is 17.9 Å². The van der Waals surface area contributed by atoms with E-state index in [-0.39, 0.29) is 15.5 Å². The first kappa shape index (κ1) is 23.8. The van der Waals surface area contributed by atoms with Gasteiger partial charge in [-0.25, -0.2) is 8.42 Å². The van der Waals surface area contributed by atoms with Crippen molar-refractivity contribution >= 4 is 50.5 Å². The summed E-state index contributed by atoms with van der Waals surface area (Å²) in [5.74, 6) is -0.515. The van der Waals surface area contributed by atoms with Gasteiger partial charge in [-0.1, -0.05) is 37.0 Å². The van der Waals surface area contributed by atoms with Crippen LogP contribution in [0.5, 0.6) is 0 Å². The van der Waals surface area contributed by atoms with E-state index in [0.29, 0.717) is 50.1 Å². The van der Waals surface area contributed by atoms with Crippen molar-refractivity contribution in [2.24, 2.45) is 0 Å². The molecule has 1 N–H and O–H groups in total. The molecule has 2 aromatic carbocycles. The molecule has 3 rings (SSSR count). The predicted molar refractivity (Wildman–Crippen MR) is 124 cm³/mol. The Kier molecular flexibility index (Phi) is 7.82. The van der Waals surface area contributed by atoms with Crippen molar-refractivity contribution in [3.8, 4) is 0 Å². The van der Waals surface area contributed by atoms with Crippen LogP contribution in [0.1, 0.15) is 24.2 Å². The Morgan fingerprint density at radius 3 is 2.42 bits per heavy atom. The highest BCUT2D eigenvalue weighted by molar-refractivity contribution is 7.89. The zero-order valence-electron chi connectivity index (χ0n) is 17.4. The molecule has 0 atom stereocenters. The number of halogens is 2. The standard InChI is InChI=1S/C21H25Cl2N3O4S/c1-3-26(4-2)31(28,29)16-6-7-18(23)17(14-16)21(27)24-19-13-15(22)5-8-20(19)25-9-11-30-12-10-25/h5-8,13-14H,3-4,9-12H2,1-2H3,(H,24,27). The Bertz CT molecular complexity index is 1050. The van der Waals surface area contributed by atoms with Gasteiger partial charge in [0.25, 0.3) is 5.91 Å². The van der Waals surface area contributed by atoms with Crippen molar-refractivity contribution in [2.75, 3.05) is 49.6 Å². The second kappa shape index (κ2) is 10.2. The number of morpholine rings is 1. The van der Waals surface area contributed by atoms with Crippen LogP contribution in [0.2, 0.25) is 10.0 Å². The second-order valence-corrected chi connectivity index (χ2v) is 9.73. The van der Waals surface area contributed by atoms with Crippen LogP contribution in [0, 0.1) is 0 Å². The first-order valence-corrected chi connectivity index (χ1v) is 12.2. The van der Waals surface area contributed by atoms with Gasteiger partial charge in [-0.3, -0.25) is 4.79 Å². The molecule has 2 aromatic rings. The summed E-state index contributed by atoms with van der Waals surface area (Å²) < 4.78 is 32.4. The lowest BCUT2D eigenvalue weighted by Crippen LogP contribution is -2.36. The lowest BCUT2D eigenvalue weighted by atomic mass is 10.2. The number of nitrogens with one attached hydrogen (secondary N) is 1. The van der Waals surface area contributed by atoms with E-state index < -0.39 is 15.9 Å². The van der Waals surface area contributed by atoms with Gasteiger partial charge in [-0.2, -0.15) is 4.31 Å². The summed E-state index contributed by atoms with van der Waals surface area (Å²) in [4.78, 5) is 15.2. The first-order valence-electron chi connectivity index (χ1n) is 10.0. The molecule has 7 nitrogen and oxygen atoms in total. The predicted octanol–water partition coefficient (Wildman–Crippen LogP) is 4.11. The van der Waals surface area contributed by atoms with E-state index >= 15 is 0 Å². The van der Waals surface area contributed by atoms with Crippen LogP contribution in [0.4, 0.5) is 11.4 Å². The van der Waals surface area contributed by atoms with E-state index in [1.807, 2.05) is 6.07 Å². The van der Waals surface area contributed by atoms with Crippen LogP contribution in [0.15, 0.2) is 41.3 Å². The van der Waals surface area contributed by atoms with E-state index in [1.165, 1.54) is 22.5 Å². The number of ether oxygens (including phenoxy) is 1. The third kappa shape index (κ3) is 5.32. The smallest absolute Gasteiger partial charge is 0.257 e. The summed E-state index contributed by atoms with van der Waals surface area (Å²) in [6.07, 6.45) is 0. The molecular weight excluding hydrogens is 461 g/mol. The molecule has 0 saturated carbocycles. The molecule has 31 heavy (non-hydrogen) atoms. The molecule has 0 spiro atoms. The number of benzene rings is 2. The molecule has 1 aliphatic heterocycles. The van der Waals surface area contributed by atoms with Gasteiger partial charge in [0.2, 0.25) is 10.0 Å². The summed E-state index contributed by atoms with van der Waals surface area (Å²) in [5.41, 5.74) is 1.40. The normalized spacial score (nSPS) is 14.7. The maximum absolute atomic E-state index is 13.1. The zero-order chi connectivity index (χ0) is 22.6. The monoisotopic (exact) mass is 485 g/mol. The van der Waals surface area contributed by atoms with Crippen molar-refractivity contribution in [1.82, 2.24) is 4.31 Å². The molecule has 10 heteroatoms. The molecule has 0 radical (unpaired) electrons. The summed E-state index contributed by atoms with van der Waals surface area (Å²) in [7, 11) is -3.73. The number of anilines is 2. The third-order valence-electron chi connectivity index (χ3n) is 5.08. The third-order valence-corrected chi connectivity index (χ3v) is 7.69. The molecule has 0 aliphatic carbocycles. The van der Waals surface area contributed by atoms with E-state index in [1.54, 1.807) is 26.0 Å². The number of hydrogen-bond acceptors (Lipinski definition) is 5. The molecule has 0 aromatic heterocycles. The minimum Gasteiger partial charge on any atom is -0.378 e. The molecule has 0 unspecified atom stereocenters. The maximum atomic E-state index is 13.1. The number of hydrogen-bond donors (Lipinski definition) is 1. The highest BCUT2D eigenvalue weighted by Crippen LogP contribution is 2.31. The fourth-order valence-electron chi connectivity index (χ4n) is 3.43. The lowest BCUT2D eigenvalue weighted by molar-refractivity contribution is 0.102. The minimum absolute atomic E-state index is 0.0187. The Morgan fingerprint density at radius 2 is 1.77 bits per heavy atom. The van der Waals surface area contributed by atoms with Gasteiger partial charge in [-0.05, 0) is 36.4 Å². The quantitative estimate of drug-likeness (QED) is 0.637. The van der Waals surface area contributed by atoms with Gasteiger partial charge in [-0.15, -0.1) is 0 Å². The van der Waals surface area contributed by atoms with Crippen molar-refractivity contribution in [1.29, 1.82) is 0 Å². The van der Waals surface area contributed by atoms with E-state index in [4.69, 9.17) is 27.9 Å². The van der Waals surface area contributed by atoms with Gasteiger partial charge in [0.1, 0.15) is 0 Å². The number of rotatable bonds is 7. The fourth-order valence-corrected chi connectivity index (χ4v) is 5.29. The summed E-state index contributed by atoms with van der Waals surface area (Å²) in [6.45, 7) is 6.72. The van der Waals surface area contributed by atoms with Gasteiger partial charge in [0.05, 0.1) is 40.1 Å². The van der Waals surface area contributed by atoms with E-state index in [9.17, 15) is 13.2 Å². The maximum Gasteiger partial charge on any atom is 0.257 e. The number of sulfonamides is 1. The van der Waals surface area contributed by atoms with Crippen LogP contribution in [-0.4, -0.2) is 58.0 Å². The van der Waals surface area contributed by atoms with Gasteiger partial charge in [0.15, 0.2) is 0 Å². The van der Waals surface area contributed by atoms with Crippen molar-refractivity contribution in [2.45, 2.75) is 18.7 Å². The minimum atomic E-state index is -3.73. The lowest BCUT2D eigenvalue weighted by Gasteiger charge is -2.30. The number of carbonyl (C=O) groups is 1. The van der Waals surface area contributed by atoms with Gasteiger partial charge < -0.3 is 15.0 Å². The zero-order valence-corrected chi connectivity index (χ0v) is 19.7. The topological polar surface area (TPSA) is 79.0 Å². The highest BCUT2D eigenvalue weighted by Gasteiger charge is 2.24. The largest absolute Gasteiger partial charge is 0.378 e. The molecule has 1 amide bonds. The summed E-state index contributed by atoms with van der Waals surface area (Å²) in [6, 6.07) is 9.40. The molecular formula is C21H25Cl2N3O4S. The van der Waals surface area contributed by atoms with Crippen LogP contribution < -0.4 is 10.2 Å². The molecule has 1 fully saturated rings. The number of nitrogens with zero attached hydrogens (tertiary/aromatic N) is 2. The van der Waals surface area contributed by atoms with Crippen LogP contribution in [0.25, 0.3) is 0 Å². The molecule has 168 valence electrons. The Hall–Kier alpha value is -1.84. The second-order valence-electron chi connectivity index (χ2n) is 6.95.